The fourth-order valence-electron chi connectivity index (χ4n) is 1.65. The van der Waals surface area contributed by atoms with Crippen LogP contribution in [0.5, 0.6) is 0 Å². The number of H-pyrrole nitrogens is 1. The van der Waals surface area contributed by atoms with Gasteiger partial charge in [-0.2, -0.15) is 0 Å². The molecular formula is C13H13FN4O3. The summed E-state index contributed by atoms with van der Waals surface area (Å²) in [4.78, 5) is 29.0. The van der Waals surface area contributed by atoms with E-state index in [0.29, 0.717) is 13.0 Å². The molecule has 1 aromatic heterocycles. The monoisotopic (exact) mass is 292 g/mol. The quantitative estimate of drug-likeness (QED) is 0.671. The van der Waals surface area contributed by atoms with Crippen LogP contribution in [0.15, 0.2) is 30.7 Å². The highest BCUT2D eigenvalue weighted by Gasteiger charge is 2.10. The summed E-state index contributed by atoms with van der Waals surface area (Å²) in [5.74, 6) is -2.04. The van der Waals surface area contributed by atoms with Gasteiger partial charge in [-0.15, -0.1) is 0 Å². The smallest absolute Gasteiger partial charge is 0.335 e. The van der Waals surface area contributed by atoms with Gasteiger partial charge >= 0.3 is 12.0 Å². The van der Waals surface area contributed by atoms with E-state index in [9.17, 15) is 14.0 Å². The number of halogens is 1. The van der Waals surface area contributed by atoms with Crippen molar-refractivity contribution in [2.45, 2.75) is 6.42 Å². The molecule has 0 radical (unpaired) electrons. The van der Waals surface area contributed by atoms with Gasteiger partial charge in [0.2, 0.25) is 0 Å². The molecule has 110 valence electrons. The van der Waals surface area contributed by atoms with Crippen molar-refractivity contribution < 1.29 is 19.1 Å². The summed E-state index contributed by atoms with van der Waals surface area (Å²) in [6, 6.07) is 2.69. The molecule has 2 rings (SSSR count). The predicted octanol–water partition coefficient (Wildman–Crippen LogP) is 1.61. The van der Waals surface area contributed by atoms with Gasteiger partial charge in [0.25, 0.3) is 0 Å². The van der Waals surface area contributed by atoms with Crippen LogP contribution in [0.25, 0.3) is 0 Å². The third kappa shape index (κ3) is 4.03. The van der Waals surface area contributed by atoms with Crippen LogP contribution in [0, 0.1) is 5.82 Å². The molecule has 0 fully saturated rings. The molecule has 0 unspecified atom stereocenters. The van der Waals surface area contributed by atoms with Crippen LogP contribution < -0.4 is 10.6 Å². The molecule has 21 heavy (non-hydrogen) atoms. The standard InChI is InChI=1S/C13H13FN4O3/c14-10-5-8(12(19)20)1-2-11(10)18-13(21)16-4-3-9-6-15-7-17-9/h1-2,5-7H,3-4H2,(H,15,17)(H,19,20)(H2,16,18,21). The Morgan fingerprint density at radius 1 is 1.38 bits per heavy atom. The lowest BCUT2D eigenvalue weighted by Gasteiger charge is -2.08. The molecule has 0 atom stereocenters. The second kappa shape index (κ2) is 6.51. The number of carboxylic acid groups (broad SMARTS) is 1. The molecule has 0 bridgehead atoms. The van der Waals surface area contributed by atoms with E-state index in [1.807, 2.05) is 0 Å². The van der Waals surface area contributed by atoms with Gasteiger partial charge < -0.3 is 20.7 Å². The first-order valence-electron chi connectivity index (χ1n) is 6.11. The van der Waals surface area contributed by atoms with Crippen molar-refractivity contribution >= 4 is 17.7 Å². The number of aromatic nitrogens is 2. The van der Waals surface area contributed by atoms with Gasteiger partial charge in [0.05, 0.1) is 17.6 Å². The molecule has 1 heterocycles. The number of rotatable bonds is 5. The largest absolute Gasteiger partial charge is 0.478 e. The zero-order valence-electron chi connectivity index (χ0n) is 10.9. The van der Waals surface area contributed by atoms with E-state index in [1.165, 1.54) is 18.5 Å². The van der Waals surface area contributed by atoms with Crippen LogP contribution in [0.3, 0.4) is 0 Å². The van der Waals surface area contributed by atoms with Gasteiger partial charge in [0, 0.05) is 24.9 Å². The zero-order valence-corrected chi connectivity index (χ0v) is 10.9. The lowest BCUT2D eigenvalue weighted by molar-refractivity contribution is 0.0696. The first-order valence-corrected chi connectivity index (χ1v) is 6.11. The van der Waals surface area contributed by atoms with E-state index in [2.05, 4.69) is 20.6 Å². The van der Waals surface area contributed by atoms with Crippen molar-refractivity contribution in [2.75, 3.05) is 11.9 Å². The highest BCUT2D eigenvalue weighted by atomic mass is 19.1. The third-order valence-electron chi connectivity index (χ3n) is 2.70. The summed E-state index contributed by atoms with van der Waals surface area (Å²) >= 11 is 0. The second-order valence-corrected chi connectivity index (χ2v) is 4.21. The van der Waals surface area contributed by atoms with Gasteiger partial charge in [0.1, 0.15) is 5.82 Å². The molecule has 0 aliphatic rings. The number of aromatic amines is 1. The predicted molar refractivity (Wildman–Crippen MR) is 72.7 cm³/mol. The van der Waals surface area contributed by atoms with Crippen molar-refractivity contribution in [3.8, 4) is 0 Å². The van der Waals surface area contributed by atoms with E-state index in [-0.39, 0.29) is 11.3 Å². The molecular weight excluding hydrogens is 279 g/mol. The average Bonchev–Trinajstić information content (AvgIpc) is 2.94. The number of benzene rings is 1. The molecule has 0 aliphatic carbocycles. The number of imidazole rings is 1. The van der Waals surface area contributed by atoms with E-state index < -0.39 is 17.8 Å². The maximum atomic E-state index is 13.6. The molecule has 1 aromatic carbocycles. The normalized spacial score (nSPS) is 10.1. The van der Waals surface area contributed by atoms with Crippen molar-refractivity contribution in [1.29, 1.82) is 0 Å². The van der Waals surface area contributed by atoms with E-state index >= 15 is 0 Å². The van der Waals surface area contributed by atoms with Crippen molar-refractivity contribution in [1.82, 2.24) is 15.3 Å². The van der Waals surface area contributed by atoms with Gasteiger partial charge in [0.15, 0.2) is 0 Å². The first-order chi connectivity index (χ1) is 10.1. The minimum Gasteiger partial charge on any atom is -0.478 e. The average molecular weight is 292 g/mol. The molecule has 7 nitrogen and oxygen atoms in total. The van der Waals surface area contributed by atoms with Crippen LogP contribution in [-0.2, 0) is 6.42 Å². The molecule has 2 aromatic rings. The SMILES string of the molecule is O=C(NCCc1cnc[nH]1)Nc1ccc(C(=O)O)cc1F. The lowest BCUT2D eigenvalue weighted by atomic mass is 10.2. The van der Waals surface area contributed by atoms with Gasteiger partial charge in [-0.05, 0) is 18.2 Å². The van der Waals surface area contributed by atoms with Crippen molar-refractivity contribution in [3.05, 3.63) is 47.8 Å². The Morgan fingerprint density at radius 3 is 2.81 bits per heavy atom. The number of aromatic carboxylic acids is 1. The Kier molecular flexibility index (Phi) is 4.50. The number of hydrogen-bond acceptors (Lipinski definition) is 3. The number of anilines is 1. The topological polar surface area (TPSA) is 107 Å². The Balaban J connectivity index is 1.86. The van der Waals surface area contributed by atoms with Crippen LogP contribution in [0.4, 0.5) is 14.9 Å². The Morgan fingerprint density at radius 2 is 2.19 bits per heavy atom. The summed E-state index contributed by atoms with van der Waals surface area (Å²) in [6.45, 7) is 0.350. The summed E-state index contributed by atoms with van der Waals surface area (Å²) in [7, 11) is 0. The fourth-order valence-corrected chi connectivity index (χ4v) is 1.65. The number of carbonyl (C=O) groups excluding carboxylic acids is 1. The first kappa shape index (κ1) is 14.5. The molecule has 2 amide bonds. The molecule has 0 spiro atoms. The van der Waals surface area contributed by atoms with Gasteiger partial charge in [-0.25, -0.2) is 19.0 Å². The highest BCUT2D eigenvalue weighted by molar-refractivity contribution is 5.91. The molecule has 0 saturated carbocycles. The Labute approximate surface area is 119 Å². The fraction of sp³-hybridized carbons (Fsp3) is 0.154. The Hall–Kier alpha value is -2.90. The van der Waals surface area contributed by atoms with E-state index in [4.69, 9.17) is 5.11 Å². The highest BCUT2D eigenvalue weighted by Crippen LogP contribution is 2.15. The number of nitrogens with one attached hydrogen (secondary N) is 3. The van der Waals surface area contributed by atoms with Crippen LogP contribution in [0.1, 0.15) is 16.1 Å². The van der Waals surface area contributed by atoms with Crippen LogP contribution in [-0.4, -0.2) is 33.6 Å². The molecule has 4 N–H and O–H groups in total. The number of hydrogen-bond donors (Lipinski definition) is 4. The summed E-state index contributed by atoms with van der Waals surface area (Å²) in [5, 5.41) is 13.6. The maximum Gasteiger partial charge on any atom is 0.335 e. The summed E-state index contributed by atoms with van der Waals surface area (Å²) in [5.41, 5.74) is 0.601. The molecule has 0 aliphatic heterocycles. The van der Waals surface area contributed by atoms with E-state index in [0.717, 1.165) is 11.8 Å². The number of carboxylic acids is 1. The summed E-state index contributed by atoms with van der Waals surface area (Å²) < 4.78 is 13.6. The lowest BCUT2D eigenvalue weighted by Crippen LogP contribution is -2.30. The van der Waals surface area contributed by atoms with Crippen molar-refractivity contribution in [2.24, 2.45) is 0 Å². The number of nitrogens with zero attached hydrogens (tertiary/aromatic N) is 1. The number of carbonyl (C=O) groups is 2. The summed E-state index contributed by atoms with van der Waals surface area (Å²) in [6.07, 6.45) is 3.74. The van der Waals surface area contributed by atoms with E-state index in [1.54, 1.807) is 6.20 Å². The number of urea groups is 1. The second-order valence-electron chi connectivity index (χ2n) is 4.21. The third-order valence-corrected chi connectivity index (χ3v) is 2.70. The minimum absolute atomic E-state index is 0.0842. The van der Waals surface area contributed by atoms with Gasteiger partial charge in [-0.3, -0.25) is 0 Å². The number of amides is 2. The maximum absolute atomic E-state index is 13.6. The van der Waals surface area contributed by atoms with Crippen LogP contribution in [0.2, 0.25) is 0 Å². The molecule has 0 saturated heterocycles. The Bertz CT molecular complexity index is 643. The zero-order chi connectivity index (χ0) is 15.2. The van der Waals surface area contributed by atoms with Crippen molar-refractivity contribution in [3.63, 3.8) is 0 Å². The van der Waals surface area contributed by atoms with Crippen LogP contribution >= 0.6 is 0 Å². The van der Waals surface area contributed by atoms with Gasteiger partial charge in [-0.1, -0.05) is 0 Å². The minimum atomic E-state index is -1.23. The molecule has 8 heteroatoms.